The number of ether oxygens (including phenoxy) is 1. The summed E-state index contributed by atoms with van der Waals surface area (Å²) in [6.45, 7) is 4.08. The van der Waals surface area contributed by atoms with Gasteiger partial charge >= 0.3 is 5.97 Å². The van der Waals surface area contributed by atoms with Gasteiger partial charge in [0.15, 0.2) is 5.65 Å². The van der Waals surface area contributed by atoms with E-state index in [1.807, 2.05) is 62.5 Å². The van der Waals surface area contributed by atoms with Gasteiger partial charge in [-0.2, -0.15) is 5.10 Å². The van der Waals surface area contributed by atoms with E-state index in [9.17, 15) is 4.79 Å². The standard InChI is InChI=1S/C21H20N4O2S/c1-13(2)23-17-11-18(28-20(17)21(26)27-3)15-7-5-14(6-8-15)16-12-19-22-9-4-10-25(19)24-16/h4-13,23H,1-3H3. The second kappa shape index (κ2) is 7.44. The molecule has 0 saturated heterocycles. The third-order valence-electron chi connectivity index (χ3n) is 4.25. The molecule has 0 spiro atoms. The van der Waals surface area contributed by atoms with Gasteiger partial charge in [0.25, 0.3) is 0 Å². The molecule has 0 aliphatic carbocycles. The van der Waals surface area contributed by atoms with Crippen molar-refractivity contribution in [2.45, 2.75) is 19.9 Å². The number of anilines is 1. The van der Waals surface area contributed by atoms with Gasteiger partial charge in [-0.25, -0.2) is 14.3 Å². The maximum absolute atomic E-state index is 12.1. The first-order valence-corrected chi connectivity index (χ1v) is 9.76. The molecule has 6 nitrogen and oxygen atoms in total. The number of benzene rings is 1. The van der Waals surface area contributed by atoms with Crippen LogP contribution >= 0.6 is 11.3 Å². The molecular weight excluding hydrogens is 372 g/mol. The normalized spacial score (nSPS) is 11.1. The van der Waals surface area contributed by atoms with Crippen LogP contribution in [0.3, 0.4) is 0 Å². The number of hydrogen-bond donors (Lipinski definition) is 1. The Kier molecular flexibility index (Phi) is 4.83. The van der Waals surface area contributed by atoms with Crippen LogP contribution in [0.5, 0.6) is 0 Å². The lowest BCUT2D eigenvalue weighted by Gasteiger charge is -2.09. The maximum Gasteiger partial charge on any atom is 0.350 e. The molecule has 28 heavy (non-hydrogen) atoms. The Balaban J connectivity index is 1.66. The van der Waals surface area contributed by atoms with Crippen LogP contribution in [-0.4, -0.2) is 33.7 Å². The van der Waals surface area contributed by atoms with E-state index in [2.05, 4.69) is 15.4 Å². The topological polar surface area (TPSA) is 68.5 Å². The van der Waals surface area contributed by atoms with Gasteiger partial charge in [0, 0.05) is 34.9 Å². The van der Waals surface area contributed by atoms with E-state index in [0.717, 1.165) is 33.0 Å². The molecule has 0 aliphatic rings. The Hall–Kier alpha value is -3.19. The van der Waals surface area contributed by atoms with E-state index >= 15 is 0 Å². The quantitative estimate of drug-likeness (QED) is 0.497. The summed E-state index contributed by atoms with van der Waals surface area (Å²) in [5.41, 5.74) is 4.54. The number of nitrogens with one attached hydrogen (secondary N) is 1. The Morgan fingerprint density at radius 1 is 1.18 bits per heavy atom. The second-order valence-electron chi connectivity index (χ2n) is 6.67. The molecule has 0 unspecified atom stereocenters. The molecule has 0 atom stereocenters. The monoisotopic (exact) mass is 392 g/mol. The van der Waals surface area contributed by atoms with Gasteiger partial charge in [-0.15, -0.1) is 11.3 Å². The summed E-state index contributed by atoms with van der Waals surface area (Å²) in [4.78, 5) is 18.0. The number of aromatic nitrogens is 3. The van der Waals surface area contributed by atoms with Crippen LogP contribution in [0.1, 0.15) is 23.5 Å². The molecule has 142 valence electrons. The maximum atomic E-state index is 12.1. The van der Waals surface area contributed by atoms with E-state index in [-0.39, 0.29) is 12.0 Å². The lowest BCUT2D eigenvalue weighted by Crippen LogP contribution is -2.12. The molecule has 1 N–H and O–H groups in total. The number of esters is 1. The van der Waals surface area contributed by atoms with E-state index in [1.54, 1.807) is 10.7 Å². The highest BCUT2D eigenvalue weighted by molar-refractivity contribution is 7.18. The molecule has 3 heterocycles. The van der Waals surface area contributed by atoms with Crippen LogP contribution in [0, 0.1) is 0 Å². The highest BCUT2D eigenvalue weighted by Gasteiger charge is 2.18. The Labute approximate surface area is 166 Å². The number of carbonyl (C=O) groups excluding carboxylic acids is 1. The summed E-state index contributed by atoms with van der Waals surface area (Å²) in [6, 6.07) is 14.2. The van der Waals surface area contributed by atoms with E-state index in [0.29, 0.717) is 4.88 Å². The molecule has 0 saturated carbocycles. The van der Waals surface area contributed by atoms with Gasteiger partial charge in [-0.05, 0) is 31.5 Å². The number of nitrogens with zero attached hydrogens (tertiary/aromatic N) is 3. The third-order valence-corrected chi connectivity index (χ3v) is 5.41. The van der Waals surface area contributed by atoms with Gasteiger partial charge < -0.3 is 10.1 Å². The minimum Gasteiger partial charge on any atom is -0.465 e. The van der Waals surface area contributed by atoms with Crippen molar-refractivity contribution in [2.75, 3.05) is 12.4 Å². The third kappa shape index (κ3) is 3.48. The molecule has 3 aromatic heterocycles. The Bertz CT molecular complexity index is 1100. The largest absolute Gasteiger partial charge is 0.465 e. The van der Waals surface area contributed by atoms with Gasteiger partial charge in [-0.3, -0.25) is 0 Å². The fourth-order valence-corrected chi connectivity index (χ4v) is 4.02. The highest BCUT2D eigenvalue weighted by Crippen LogP contribution is 2.36. The molecule has 7 heteroatoms. The number of methoxy groups -OCH3 is 1. The van der Waals surface area contributed by atoms with Crippen molar-refractivity contribution in [3.05, 3.63) is 59.7 Å². The molecule has 0 amide bonds. The van der Waals surface area contributed by atoms with Crippen molar-refractivity contribution in [1.82, 2.24) is 14.6 Å². The predicted octanol–water partition coefficient (Wildman–Crippen LogP) is 4.73. The zero-order chi connectivity index (χ0) is 19.7. The van der Waals surface area contributed by atoms with Crippen molar-refractivity contribution in [3.63, 3.8) is 0 Å². The van der Waals surface area contributed by atoms with Crippen molar-refractivity contribution in [1.29, 1.82) is 0 Å². The summed E-state index contributed by atoms with van der Waals surface area (Å²) < 4.78 is 6.69. The van der Waals surface area contributed by atoms with Gasteiger partial charge in [0.2, 0.25) is 0 Å². The van der Waals surface area contributed by atoms with Crippen molar-refractivity contribution < 1.29 is 9.53 Å². The average molecular weight is 392 g/mol. The fourth-order valence-electron chi connectivity index (χ4n) is 2.97. The van der Waals surface area contributed by atoms with Gasteiger partial charge in [-0.1, -0.05) is 24.3 Å². The van der Waals surface area contributed by atoms with Crippen LogP contribution in [0.25, 0.3) is 27.3 Å². The summed E-state index contributed by atoms with van der Waals surface area (Å²) in [5.74, 6) is -0.326. The molecule has 0 fully saturated rings. The number of fused-ring (bicyclic) bond motifs is 1. The zero-order valence-electron chi connectivity index (χ0n) is 15.8. The molecule has 4 rings (SSSR count). The smallest absolute Gasteiger partial charge is 0.350 e. The predicted molar refractivity (Wildman–Crippen MR) is 112 cm³/mol. The van der Waals surface area contributed by atoms with Gasteiger partial charge in [0.05, 0.1) is 18.5 Å². The van der Waals surface area contributed by atoms with Crippen LogP contribution in [0.4, 0.5) is 5.69 Å². The first kappa shape index (κ1) is 18.2. The summed E-state index contributed by atoms with van der Waals surface area (Å²) in [7, 11) is 1.40. The first-order chi connectivity index (χ1) is 13.5. The summed E-state index contributed by atoms with van der Waals surface area (Å²) >= 11 is 1.43. The Morgan fingerprint density at radius 2 is 1.93 bits per heavy atom. The van der Waals surface area contributed by atoms with Crippen molar-refractivity contribution in [2.24, 2.45) is 0 Å². The van der Waals surface area contributed by atoms with Crippen LogP contribution in [0.2, 0.25) is 0 Å². The van der Waals surface area contributed by atoms with Crippen LogP contribution in [-0.2, 0) is 4.74 Å². The summed E-state index contributed by atoms with van der Waals surface area (Å²) in [6.07, 6.45) is 3.63. The number of carbonyl (C=O) groups is 1. The van der Waals surface area contributed by atoms with E-state index in [4.69, 9.17) is 4.74 Å². The first-order valence-electron chi connectivity index (χ1n) is 8.95. The number of thiophene rings is 1. The minimum absolute atomic E-state index is 0.219. The molecular formula is C21H20N4O2S. The molecule has 1 aromatic carbocycles. The molecule has 0 radical (unpaired) electrons. The van der Waals surface area contributed by atoms with Crippen molar-refractivity contribution in [3.8, 4) is 21.7 Å². The molecule has 0 aliphatic heterocycles. The Morgan fingerprint density at radius 3 is 2.61 bits per heavy atom. The lowest BCUT2D eigenvalue weighted by molar-refractivity contribution is 0.0607. The van der Waals surface area contributed by atoms with Gasteiger partial charge in [0.1, 0.15) is 4.88 Å². The van der Waals surface area contributed by atoms with E-state index in [1.165, 1.54) is 18.4 Å². The number of rotatable bonds is 5. The SMILES string of the molecule is COC(=O)c1sc(-c2ccc(-c3cc4ncccn4n3)cc2)cc1NC(C)C. The lowest BCUT2D eigenvalue weighted by atomic mass is 10.1. The van der Waals surface area contributed by atoms with E-state index < -0.39 is 0 Å². The second-order valence-corrected chi connectivity index (χ2v) is 7.73. The van der Waals surface area contributed by atoms with Crippen molar-refractivity contribution >= 4 is 28.6 Å². The fraction of sp³-hybridized carbons (Fsp3) is 0.190. The molecule has 0 bridgehead atoms. The number of hydrogen-bond acceptors (Lipinski definition) is 6. The summed E-state index contributed by atoms with van der Waals surface area (Å²) in [5, 5.41) is 7.88. The van der Waals surface area contributed by atoms with Crippen LogP contribution in [0.15, 0.2) is 54.9 Å². The zero-order valence-corrected chi connectivity index (χ0v) is 16.7. The van der Waals surface area contributed by atoms with Crippen LogP contribution < -0.4 is 5.32 Å². The molecule has 4 aromatic rings. The highest BCUT2D eigenvalue weighted by atomic mass is 32.1. The average Bonchev–Trinajstić information content (AvgIpc) is 3.31. The minimum atomic E-state index is -0.326.